The molecule has 0 radical (unpaired) electrons. The topological polar surface area (TPSA) is 118 Å². The molecule has 1 aromatic heterocycles. The summed E-state index contributed by atoms with van der Waals surface area (Å²) in [6, 6.07) is 5.71. The molecule has 8 nitrogen and oxygen atoms in total. The summed E-state index contributed by atoms with van der Waals surface area (Å²) >= 11 is 0. The molecule has 2 rings (SSSR count). The maximum atomic E-state index is 11.8. The highest BCUT2D eigenvalue weighted by Gasteiger charge is 2.12. The van der Waals surface area contributed by atoms with Gasteiger partial charge in [-0.05, 0) is 31.5 Å². The van der Waals surface area contributed by atoms with E-state index in [0.29, 0.717) is 11.1 Å². The zero-order valence-corrected chi connectivity index (χ0v) is 12.5. The predicted octanol–water partition coefficient (Wildman–Crippen LogP) is 2.08. The van der Waals surface area contributed by atoms with E-state index in [2.05, 4.69) is 15.5 Å². The molecule has 0 saturated heterocycles. The molecule has 2 aromatic rings. The molecule has 0 bridgehead atoms. The Hall–Kier alpha value is -3.29. The van der Waals surface area contributed by atoms with Crippen molar-refractivity contribution in [2.45, 2.75) is 13.8 Å². The normalized spacial score (nSPS) is 10.7. The van der Waals surface area contributed by atoms with Crippen molar-refractivity contribution >= 4 is 17.8 Å². The maximum Gasteiger partial charge on any atom is 0.272 e. The van der Waals surface area contributed by atoms with Gasteiger partial charge in [-0.3, -0.25) is 19.9 Å². The Labute approximate surface area is 131 Å². The number of amides is 1. The first-order valence-electron chi connectivity index (χ1n) is 6.62. The van der Waals surface area contributed by atoms with E-state index in [1.54, 1.807) is 19.1 Å². The number of nitrogens with one attached hydrogen (secondary N) is 1. The highest BCUT2D eigenvalue weighted by molar-refractivity contribution is 5.95. The van der Waals surface area contributed by atoms with E-state index < -0.39 is 10.8 Å². The monoisotopic (exact) mass is 314 g/mol. The molecule has 23 heavy (non-hydrogen) atoms. The largest absolute Gasteiger partial charge is 0.507 e. The molecule has 0 unspecified atom stereocenters. The van der Waals surface area contributed by atoms with Gasteiger partial charge in [-0.25, -0.2) is 5.43 Å². The third-order valence-electron chi connectivity index (χ3n) is 3.07. The number of aromatic hydroxyl groups is 1. The molecule has 0 spiro atoms. The fraction of sp³-hybridized carbons (Fsp3) is 0.133. The minimum Gasteiger partial charge on any atom is -0.507 e. The molecule has 0 aliphatic carbocycles. The van der Waals surface area contributed by atoms with Crippen molar-refractivity contribution in [1.82, 2.24) is 10.4 Å². The first-order valence-corrected chi connectivity index (χ1v) is 6.62. The molecule has 8 heteroatoms. The number of aryl methyl sites for hydroxylation is 2. The van der Waals surface area contributed by atoms with Crippen LogP contribution in [0.3, 0.4) is 0 Å². The minimum atomic E-state index is -0.569. The molecule has 1 amide bonds. The van der Waals surface area contributed by atoms with Gasteiger partial charge in [-0.1, -0.05) is 0 Å². The average Bonchev–Trinajstić information content (AvgIpc) is 2.51. The third-order valence-corrected chi connectivity index (χ3v) is 3.07. The van der Waals surface area contributed by atoms with Crippen molar-refractivity contribution in [2.75, 3.05) is 0 Å². The zero-order valence-electron chi connectivity index (χ0n) is 12.5. The number of nitro benzene ring substituents is 1. The Bertz CT molecular complexity index is 785. The lowest BCUT2D eigenvalue weighted by Gasteiger charge is -2.03. The van der Waals surface area contributed by atoms with Gasteiger partial charge < -0.3 is 5.11 Å². The van der Waals surface area contributed by atoms with Crippen LogP contribution in [0, 0.1) is 24.0 Å². The molecule has 1 heterocycles. The molecule has 0 saturated carbocycles. The van der Waals surface area contributed by atoms with E-state index in [-0.39, 0.29) is 17.0 Å². The fourth-order valence-corrected chi connectivity index (χ4v) is 1.82. The second kappa shape index (κ2) is 6.65. The quantitative estimate of drug-likeness (QED) is 0.509. The number of phenolic OH excluding ortho intramolecular Hbond substituents is 1. The maximum absolute atomic E-state index is 11.8. The van der Waals surface area contributed by atoms with Crippen molar-refractivity contribution in [3.8, 4) is 5.75 Å². The van der Waals surface area contributed by atoms with Crippen molar-refractivity contribution in [1.29, 1.82) is 0 Å². The van der Waals surface area contributed by atoms with Crippen LogP contribution in [0.5, 0.6) is 5.75 Å². The van der Waals surface area contributed by atoms with Gasteiger partial charge in [0.2, 0.25) is 0 Å². The van der Waals surface area contributed by atoms with E-state index >= 15 is 0 Å². The number of rotatable bonds is 4. The molecule has 118 valence electrons. The lowest BCUT2D eigenvalue weighted by molar-refractivity contribution is -0.384. The number of carbonyl (C=O) groups is 1. The number of benzene rings is 1. The zero-order chi connectivity index (χ0) is 17.0. The van der Waals surface area contributed by atoms with Crippen LogP contribution in [0.1, 0.15) is 27.2 Å². The number of non-ortho nitro benzene ring substituents is 1. The molecule has 0 atom stereocenters. The number of pyridine rings is 1. The third kappa shape index (κ3) is 3.88. The number of hydrogen-bond donors (Lipinski definition) is 2. The Balaban J connectivity index is 2.15. The molecular formula is C15H14N4O4. The SMILES string of the molecule is Cc1ccc(C(=O)N/N=C/c2cc([N+](=O)[O-])cc(C)c2O)cn1. The van der Waals surface area contributed by atoms with Gasteiger partial charge in [0.15, 0.2) is 0 Å². The van der Waals surface area contributed by atoms with Crippen LogP contribution in [-0.4, -0.2) is 27.1 Å². The summed E-state index contributed by atoms with van der Waals surface area (Å²) in [4.78, 5) is 26.1. The number of hydrazone groups is 1. The standard InChI is InChI=1S/C15H14N4O4/c1-9-5-13(19(22)23)6-12(14(9)20)8-17-18-15(21)11-4-3-10(2)16-7-11/h3-8,20H,1-2H3,(H,18,21)/b17-8+. The van der Waals surface area contributed by atoms with Gasteiger partial charge in [0.25, 0.3) is 11.6 Å². The first kappa shape index (κ1) is 16.1. The minimum absolute atomic E-state index is 0.134. The molecule has 1 aromatic carbocycles. The van der Waals surface area contributed by atoms with Crippen molar-refractivity contribution < 1.29 is 14.8 Å². The highest BCUT2D eigenvalue weighted by atomic mass is 16.6. The molecule has 0 aliphatic heterocycles. The number of hydrogen-bond acceptors (Lipinski definition) is 6. The second-order valence-electron chi connectivity index (χ2n) is 4.84. The van der Waals surface area contributed by atoms with Gasteiger partial charge in [0.05, 0.1) is 16.7 Å². The van der Waals surface area contributed by atoms with Gasteiger partial charge in [-0.15, -0.1) is 0 Å². The van der Waals surface area contributed by atoms with Gasteiger partial charge in [0, 0.05) is 29.6 Å². The lowest BCUT2D eigenvalue weighted by atomic mass is 10.1. The first-order chi connectivity index (χ1) is 10.9. The van der Waals surface area contributed by atoms with Gasteiger partial charge >= 0.3 is 0 Å². The summed E-state index contributed by atoms with van der Waals surface area (Å²) in [5.74, 6) is -0.610. The van der Waals surface area contributed by atoms with Crippen LogP contribution < -0.4 is 5.43 Å². The predicted molar refractivity (Wildman–Crippen MR) is 83.5 cm³/mol. The second-order valence-corrected chi connectivity index (χ2v) is 4.84. The van der Waals surface area contributed by atoms with E-state index in [9.17, 15) is 20.0 Å². The number of carbonyl (C=O) groups excluding carboxylic acids is 1. The average molecular weight is 314 g/mol. The van der Waals surface area contributed by atoms with Crippen LogP contribution in [0.2, 0.25) is 0 Å². The fourth-order valence-electron chi connectivity index (χ4n) is 1.82. The molecule has 0 aliphatic rings. The number of phenols is 1. The van der Waals surface area contributed by atoms with Gasteiger partial charge in [0.1, 0.15) is 5.75 Å². The summed E-state index contributed by atoms with van der Waals surface area (Å²) in [7, 11) is 0. The van der Waals surface area contributed by atoms with Gasteiger partial charge in [-0.2, -0.15) is 5.10 Å². The van der Waals surface area contributed by atoms with E-state index in [4.69, 9.17) is 0 Å². The van der Waals surface area contributed by atoms with E-state index in [1.165, 1.54) is 25.3 Å². The molecule has 2 N–H and O–H groups in total. The Morgan fingerprint density at radius 2 is 2.13 bits per heavy atom. The van der Waals surface area contributed by atoms with Crippen LogP contribution >= 0.6 is 0 Å². The lowest BCUT2D eigenvalue weighted by Crippen LogP contribution is -2.17. The Kier molecular flexibility index (Phi) is 4.65. The Morgan fingerprint density at radius 3 is 2.74 bits per heavy atom. The van der Waals surface area contributed by atoms with Crippen LogP contribution in [0.4, 0.5) is 5.69 Å². The number of nitro groups is 1. The molecular weight excluding hydrogens is 300 g/mol. The van der Waals surface area contributed by atoms with Crippen LogP contribution in [0.25, 0.3) is 0 Å². The highest BCUT2D eigenvalue weighted by Crippen LogP contribution is 2.26. The number of nitrogens with zero attached hydrogens (tertiary/aromatic N) is 3. The summed E-state index contributed by atoms with van der Waals surface area (Å²) in [6.07, 6.45) is 2.56. The summed E-state index contributed by atoms with van der Waals surface area (Å²) < 4.78 is 0. The van der Waals surface area contributed by atoms with Crippen LogP contribution in [0.15, 0.2) is 35.6 Å². The summed E-state index contributed by atoms with van der Waals surface area (Å²) in [6.45, 7) is 3.34. The van der Waals surface area contributed by atoms with Crippen molar-refractivity contribution in [2.24, 2.45) is 5.10 Å². The smallest absolute Gasteiger partial charge is 0.272 e. The Morgan fingerprint density at radius 1 is 1.39 bits per heavy atom. The van der Waals surface area contributed by atoms with E-state index in [1.807, 2.05) is 0 Å². The van der Waals surface area contributed by atoms with Crippen LogP contribution in [-0.2, 0) is 0 Å². The summed E-state index contributed by atoms with van der Waals surface area (Å²) in [5.41, 5.74) is 3.69. The van der Waals surface area contributed by atoms with E-state index in [0.717, 1.165) is 11.9 Å². The van der Waals surface area contributed by atoms with Crippen molar-refractivity contribution in [3.05, 3.63) is 63.0 Å². The number of aromatic nitrogens is 1. The van der Waals surface area contributed by atoms with Crippen molar-refractivity contribution in [3.63, 3.8) is 0 Å². The molecule has 0 fully saturated rings. The summed E-state index contributed by atoms with van der Waals surface area (Å²) in [5, 5.41) is 24.4.